The fraction of sp³-hybridized carbons (Fsp3) is 0. The number of oxazole rings is 1. The molecule has 0 saturated heterocycles. The zero-order valence-electron chi connectivity index (χ0n) is 37.4. The maximum Gasteiger partial charge on any atom is 0.227 e. The van der Waals surface area contributed by atoms with E-state index in [1.165, 1.54) is 0 Å². The molecule has 0 amide bonds. The Labute approximate surface area is 398 Å². The summed E-state index contributed by atoms with van der Waals surface area (Å²) in [6, 6.07) is 89.5. The van der Waals surface area contributed by atoms with Gasteiger partial charge in [-0.2, -0.15) is 0 Å². The summed E-state index contributed by atoms with van der Waals surface area (Å²) in [6.07, 6.45) is 0. The van der Waals surface area contributed by atoms with Gasteiger partial charge in [0.15, 0.2) is 5.58 Å². The zero-order chi connectivity index (χ0) is 45.7. The van der Waals surface area contributed by atoms with E-state index in [9.17, 15) is 0 Å². The molecule has 0 fully saturated rings. The number of aromatic nitrogens is 1. The van der Waals surface area contributed by atoms with Crippen molar-refractivity contribution in [3.05, 3.63) is 255 Å². The Balaban J connectivity index is 0.938. The maximum absolute atomic E-state index is 6.79. The smallest absolute Gasteiger partial charge is 0.227 e. The lowest BCUT2D eigenvalue weighted by Gasteiger charge is -2.31. The number of para-hydroxylation sites is 5. The number of nitrogens with zero attached hydrogens (tertiary/aromatic N) is 4. The second-order valence-corrected chi connectivity index (χ2v) is 17.2. The van der Waals surface area contributed by atoms with Crippen molar-refractivity contribution in [2.24, 2.45) is 0 Å². The standard InChI is InChI=1S/C63H42N4O2/c1-5-17-46(18-6-1)65(47-19-7-2-8-20-47)50-25-15-26-51(40-50)66(48-21-9-3-10-22-48)52-27-16-28-53(41-52)67(49-23-11-4-12-24-49)54-36-33-43-31-32-44-35-38-58-62(61(44)57(43)42-54)69-63(64-58)45-34-37-56-55-29-13-14-30-59(55)68-60(56)39-45/h1-42H. The molecule has 11 aromatic carbocycles. The molecule has 6 heteroatoms. The Kier molecular flexibility index (Phi) is 9.72. The first kappa shape index (κ1) is 39.9. The van der Waals surface area contributed by atoms with Gasteiger partial charge in [-0.3, -0.25) is 0 Å². The summed E-state index contributed by atoms with van der Waals surface area (Å²) in [5.41, 5.74) is 13.5. The van der Waals surface area contributed by atoms with Crippen LogP contribution in [0, 0.1) is 0 Å². The Bertz CT molecular complexity index is 3940. The number of anilines is 9. The summed E-state index contributed by atoms with van der Waals surface area (Å²) >= 11 is 0. The van der Waals surface area contributed by atoms with Crippen molar-refractivity contribution >= 4 is 106 Å². The van der Waals surface area contributed by atoms with Crippen molar-refractivity contribution in [2.75, 3.05) is 14.7 Å². The van der Waals surface area contributed by atoms with Gasteiger partial charge in [-0.1, -0.05) is 127 Å². The minimum absolute atomic E-state index is 0.553. The van der Waals surface area contributed by atoms with Gasteiger partial charge in [0.2, 0.25) is 5.89 Å². The van der Waals surface area contributed by atoms with Crippen LogP contribution in [0.3, 0.4) is 0 Å². The van der Waals surface area contributed by atoms with Crippen molar-refractivity contribution in [1.29, 1.82) is 0 Å². The molecule has 2 heterocycles. The van der Waals surface area contributed by atoms with E-state index in [0.29, 0.717) is 5.89 Å². The Morgan fingerprint density at radius 1 is 0.290 bits per heavy atom. The lowest BCUT2D eigenvalue weighted by atomic mass is 10.00. The molecular weight excluding hydrogens is 845 g/mol. The Morgan fingerprint density at radius 3 is 1.32 bits per heavy atom. The van der Waals surface area contributed by atoms with E-state index in [4.69, 9.17) is 13.8 Å². The second kappa shape index (κ2) is 16.8. The summed E-state index contributed by atoms with van der Waals surface area (Å²) in [6.45, 7) is 0. The van der Waals surface area contributed by atoms with Crippen molar-refractivity contribution in [3.63, 3.8) is 0 Å². The predicted octanol–water partition coefficient (Wildman–Crippen LogP) is 18.1. The average molecular weight is 887 g/mol. The van der Waals surface area contributed by atoms with E-state index in [2.05, 4.69) is 245 Å². The highest BCUT2D eigenvalue weighted by Gasteiger charge is 2.21. The Hall–Kier alpha value is -9.39. The van der Waals surface area contributed by atoms with Crippen LogP contribution in [0.1, 0.15) is 0 Å². The molecular formula is C63H42N4O2. The molecule has 0 radical (unpaired) electrons. The lowest BCUT2D eigenvalue weighted by Crippen LogP contribution is -2.14. The third-order valence-electron chi connectivity index (χ3n) is 13.0. The average Bonchev–Trinajstić information content (AvgIpc) is 4.02. The number of hydrogen-bond donors (Lipinski definition) is 0. The highest BCUT2D eigenvalue weighted by molar-refractivity contribution is 6.19. The van der Waals surface area contributed by atoms with Crippen molar-refractivity contribution in [1.82, 2.24) is 4.98 Å². The molecule has 0 aliphatic carbocycles. The monoisotopic (exact) mass is 886 g/mol. The third kappa shape index (κ3) is 7.19. The molecule has 0 bridgehead atoms. The summed E-state index contributed by atoms with van der Waals surface area (Å²) in [5.74, 6) is 0.553. The molecule has 0 aliphatic heterocycles. The molecule has 0 aliphatic rings. The van der Waals surface area contributed by atoms with Crippen molar-refractivity contribution < 1.29 is 8.83 Å². The van der Waals surface area contributed by atoms with Gasteiger partial charge in [-0.25, -0.2) is 4.98 Å². The normalized spacial score (nSPS) is 11.5. The van der Waals surface area contributed by atoms with Gasteiger partial charge < -0.3 is 23.5 Å². The maximum atomic E-state index is 6.79. The molecule has 0 unspecified atom stereocenters. The van der Waals surface area contributed by atoms with Crippen LogP contribution in [0.5, 0.6) is 0 Å². The molecule has 13 aromatic rings. The van der Waals surface area contributed by atoms with E-state index in [0.717, 1.165) is 111 Å². The number of rotatable bonds is 10. The fourth-order valence-corrected chi connectivity index (χ4v) is 9.82. The van der Waals surface area contributed by atoms with E-state index in [1.54, 1.807) is 0 Å². The number of benzene rings is 11. The summed E-state index contributed by atoms with van der Waals surface area (Å²) in [7, 11) is 0. The van der Waals surface area contributed by atoms with Crippen LogP contribution in [0.4, 0.5) is 51.2 Å². The molecule has 2 aromatic heterocycles. The molecule has 0 spiro atoms. The predicted molar refractivity (Wildman–Crippen MR) is 286 cm³/mol. The second-order valence-electron chi connectivity index (χ2n) is 17.2. The van der Waals surface area contributed by atoms with Crippen LogP contribution in [0.25, 0.3) is 66.0 Å². The van der Waals surface area contributed by atoms with Gasteiger partial charge in [0, 0.05) is 72.9 Å². The molecule has 0 saturated carbocycles. The van der Waals surface area contributed by atoms with E-state index in [-0.39, 0.29) is 0 Å². The first-order valence-corrected chi connectivity index (χ1v) is 23.2. The molecule has 13 rings (SSSR count). The number of fused-ring (bicyclic) bond motifs is 8. The summed E-state index contributed by atoms with van der Waals surface area (Å²) in [4.78, 5) is 12.0. The molecule has 69 heavy (non-hydrogen) atoms. The van der Waals surface area contributed by atoms with Gasteiger partial charge in [0.1, 0.15) is 16.7 Å². The third-order valence-corrected chi connectivity index (χ3v) is 13.0. The van der Waals surface area contributed by atoms with Gasteiger partial charge in [0.05, 0.1) is 0 Å². The summed E-state index contributed by atoms with van der Waals surface area (Å²) in [5, 5.41) is 6.44. The van der Waals surface area contributed by atoms with E-state index >= 15 is 0 Å². The van der Waals surface area contributed by atoms with E-state index in [1.807, 2.05) is 24.3 Å². The molecule has 0 atom stereocenters. The zero-order valence-corrected chi connectivity index (χ0v) is 37.4. The molecule has 0 N–H and O–H groups in total. The quantitative estimate of drug-likeness (QED) is 0.128. The highest BCUT2D eigenvalue weighted by Crippen LogP contribution is 2.45. The highest BCUT2D eigenvalue weighted by atomic mass is 16.3. The fourth-order valence-electron chi connectivity index (χ4n) is 9.82. The SMILES string of the molecule is c1ccc(N(c2ccccc2)c2cccc(N(c3ccccc3)c3cccc(N(c4ccccc4)c4ccc5ccc6ccc7nc(-c8ccc9c(c8)oc8ccccc89)oc7c6c5c4)c3)c2)cc1. The van der Waals surface area contributed by atoms with Crippen LogP contribution >= 0.6 is 0 Å². The molecule has 326 valence electrons. The van der Waals surface area contributed by atoms with Crippen molar-refractivity contribution in [3.8, 4) is 11.5 Å². The van der Waals surface area contributed by atoms with Crippen molar-refractivity contribution in [2.45, 2.75) is 0 Å². The van der Waals surface area contributed by atoms with Crippen LogP contribution < -0.4 is 14.7 Å². The minimum atomic E-state index is 0.553. The number of hydrogen-bond acceptors (Lipinski definition) is 6. The van der Waals surface area contributed by atoms with Crippen LogP contribution in [0.15, 0.2) is 264 Å². The van der Waals surface area contributed by atoms with Gasteiger partial charge in [0.25, 0.3) is 0 Å². The number of furan rings is 1. The first-order valence-electron chi connectivity index (χ1n) is 23.2. The molecule has 6 nitrogen and oxygen atoms in total. The van der Waals surface area contributed by atoms with Crippen LogP contribution in [-0.4, -0.2) is 4.98 Å². The first-order chi connectivity index (χ1) is 34.2. The topological polar surface area (TPSA) is 48.9 Å². The van der Waals surface area contributed by atoms with Gasteiger partial charge in [-0.05, 0) is 144 Å². The van der Waals surface area contributed by atoms with Crippen LogP contribution in [0.2, 0.25) is 0 Å². The van der Waals surface area contributed by atoms with E-state index < -0.39 is 0 Å². The van der Waals surface area contributed by atoms with Crippen LogP contribution in [-0.2, 0) is 0 Å². The van der Waals surface area contributed by atoms with Gasteiger partial charge >= 0.3 is 0 Å². The lowest BCUT2D eigenvalue weighted by molar-refractivity contribution is 0.622. The van der Waals surface area contributed by atoms with Gasteiger partial charge in [-0.15, -0.1) is 0 Å². The Morgan fingerprint density at radius 2 is 0.739 bits per heavy atom. The largest absolute Gasteiger partial charge is 0.456 e. The summed E-state index contributed by atoms with van der Waals surface area (Å²) < 4.78 is 13.0. The minimum Gasteiger partial charge on any atom is -0.456 e.